The third-order valence-electron chi connectivity index (χ3n) is 3.56. The minimum atomic E-state index is 0.459. The minimum Gasteiger partial charge on any atom is -0.332 e. The molecule has 2 heterocycles. The molecular formula is C17H14N4O. The summed E-state index contributed by atoms with van der Waals surface area (Å²) in [5, 5.41) is 9.56. The van der Waals surface area contributed by atoms with Crippen molar-refractivity contribution in [2.24, 2.45) is 0 Å². The average molecular weight is 290 g/mol. The van der Waals surface area contributed by atoms with E-state index in [2.05, 4.69) is 33.4 Å². The summed E-state index contributed by atoms with van der Waals surface area (Å²) in [5.74, 6) is 1.07. The van der Waals surface area contributed by atoms with Crippen molar-refractivity contribution in [2.75, 3.05) is 0 Å². The Morgan fingerprint density at radius 2 is 1.77 bits per heavy atom. The molecule has 0 N–H and O–H groups in total. The van der Waals surface area contributed by atoms with Gasteiger partial charge < -0.3 is 4.52 Å². The van der Waals surface area contributed by atoms with Crippen LogP contribution in [0, 0.1) is 6.92 Å². The van der Waals surface area contributed by atoms with Crippen molar-refractivity contribution in [3.63, 3.8) is 0 Å². The molecule has 0 unspecified atom stereocenters. The van der Waals surface area contributed by atoms with E-state index in [1.807, 2.05) is 41.1 Å². The molecule has 0 radical (unpaired) electrons. The molecule has 4 rings (SSSR count). The van der Waals surface area contributed by atoms with Gasteiger partial charge in [0.25, 0.3) is 5.89 Å². The van der Waals surface area contributed by atoms with Gasteiger partial charge in [-0.05, 0) is 18.6 Å². The molecule has 0 atom stereocenters. The molecule has 4 aromatic rings. The summed E-state index contributed by atoms with van der Waals surface area (Å²) in [6.07, 6.45) is 0. The molecule has 0 spiro atoms. The summed E-state index contributed by atoms with van der Waals surface area (Å²) in [6.45, 7) is 2.50. The molecule has 0 saturated carbocycles. The third kappa shape index (κ3) is 2.16. The molecule has 0 aliphatic carbocycles. The molecule has 0 saturated heterocycles. The normalized spacial score (nSPS) is 11.1. The van der Waals surface area contributed by atoms with E-state index in [1.54, 1.807) is 6.92 Å². The Bertz CT molecular complexity index is 924. The Hall–Kier alpha value is -2.95. The van der Waals surface area contributed by atoms with Gasteiger partial charge in [0.05, 0.1) is 12.1 Å². The van der Waals surface area contributed by atoms with Crippen molar-refractivity contribution < 1.29 is 4.52 Å². The Labute approximate surface area is 127 Å². The maximum Gasteiger partial charge on any atom is 0.279 e. The topological polar surface area (TPSA) is 56.7 Å². The van der Waals surface area contributed by atoms with Crippen molar-refractivity contribution in [3.05, 3.63) is 66.0 Å². The largest absolute Gasteiger partial charge is 0.332 e. The Morgan fingerprint density at radius 1 is 1.00 bits per heavy atom. The fourth-order valence-corrected chi connectivity index (χ4v) is 2.56. The standard InChI is InChI=1S/C17H14N4O/c1-12-18-17(22-20-12)16-14-9-5-6-10-15(14)21(19-16)11-13-7-3-2-4-8-13/h2-10H,11H2,1H3. The van der Waals surface area contributed by atoms with Crippen LogP contribution in [-0.4, -0.2) is 19.9 Å². The van der Waals surface area contributed by atoms with Gasteiger partial charge in [0.15, 0.2) is 11.5 Å². The number of hydrogen-bond donors (Lipinski definition) is 0. The first-order valence-electron chi connectivity index (χ1n) is 7.11. The lowest BCUT2D eigenvalue weighted by atomic mass is 10.2. The zero-order valence-corrected chi connectivity index (χ0v) is 12.1. The van der Waals surface area contributed by atoms with Crippen LogP contribution < -0.4 is 0 Å². The average Bonchev–Trinajstić information content (AvgIpc) is 3.13. The second-order valence-electron chi connectivity index (χ2n) is 5.16. The summed E-state index contributed by atoms with van der Waals surface area (Å²) < 4.78 is 7.26. The molecule has 0 amide bonds. The zero-order chi connectivity index (χ0) is 14.9. The van der Waals surface area contributed by atoms with Crippen molar-refractivity contribution >= 4 is 10.9 Å². The van der Waals surface area contributed by atoms with Crippen LogP contribution >= 0.6 is 0 Å². The lowest BCUT2D eigenvalue weighted by Gasteiger charge is -2.03. The van der Waals surface area contributed by atoms with Gasteiger partial charge in [0.2, 0.25) is 0 Å². The van der Waals surface area contributed by atoms with E-state index >= 15 is 0 Å². The van der Waals surface area contributed by atoms with Crippen LogP contribution in [0.3, 0.4) is 0 Å². The minimum absolute atomic E-state index is 0.459. The van der Waals surface area contributed by atoms with E-state index in [4.69, 9.17) is 4.52 Å². The van der Waals surface area contributed by atoms with Crippen LogP contribution in [0.25, 0.3) is 22.5 Å². The van der Waals surface area contributed by atoms with E-state index in [9.17, 15) is 0 Å². The molecule has 0 aliphatic rings. The number of nitrogens with zero attached hydrogens (tertiary/aromatic N) is 4. The number of aromatic nitrogens is 4. The highest BCUT2D eigenvalue weighted by Crippen LogP contribution is 2.27. The summed E-state index contributed by atoms with van der Waals surface area (Å²) in [5.41, 5.74) is 2.98. The molecule has 22 heavy (non-hydrogen) atoms. The maximum atomic E-state index is 5.29. The number of benzene rings is 2. The monoisotopic (exact) mass is 290 g/mol. The highest BCUT2D eigenvalue weighted by molar-refractivity contribution is 5.91. The van der Waals surface area contributed by atoms with Crippen LogP contribution in [-0.2, 0) is 6.54 Å². The van der Waals surface area contributed by atoms with Gasteiger partial charge in [0.1, 0.15) is 0 Å². The lowest BCUT2D eigenvalue weighted by Crippen LogP contribution is -2.01. The summed E-state index contributed by atoms with van der Waals surface area (Å²) in [4.78, 5) is 4.30. The number of hydrogen-bond acceptors (Lipinski definition) is 4. The van der Waals surface area contributed by atoms with Gasteiger partial charge in [-0.15, -0.1) is 0 Å². The quantitative estimate of drug-likeness (QED) is 0.580. The van der Waals surface area contributed by atoms with E-state index in [1.165, 1.54) is 5.56 Å². The molecule has 2 aromatic carbocycles. The van der Waals surface area contributed by atoms with Gasteiger partial charge >= 0.3 is 0 Å². The van der Waals surface area contributed by atoms with Crippen molar-refractivity contribution in [2.45, 2.75) is 13.5 Å². The summed E-state index contributed by atoms with van der Waals surface area (Å²) in [6, 6.07) is 18.3. The van der Waals surface area contributed by atoms with Crippen molar-refractivity contribution in [1.82, 2.24) is 19.9 Å². The van der Waals surface area contributed by atoms with Crippen molar-refractivity contribution in [1.29, 1.82) is 0 Å². The van der Waals surface area contributed by atoms with Crippen LogP contribution in [0.2, 0.25) is 0 Å². The van der Waals surface area contributed by atoms with Gasteiger partial charge in [-0.1, -0.05) is 53.7 Å². The number of para-hydroxylation sites is 1. The fraction of sp³-hybridized carbons (Fsp3) is 0.118. The molecule has 108 valence electrons. The van der Waals surface area contributed by atoms with Crippen LogP contribution in [0.1, 0.15) is 11.4 Å². The van der Waals surface area contributed by atoms with E-state index in [0.717, 1.165) is 16.6 Å². The van der Waals surface area contributed by atoms with Gasteiger partial charge in [-0.2, -0.15) is 10.1 Å². The second-order valence-corrected chi connectivity index (χ2v) is 5.16. The first-order chi connectivity index (χ1) is 10.8. The molecule has 5 heteroatoms. The second kappa shape index (κ2) is 5.11. The van der Waals surface area contributed by atoms with E-state index in [-0.39, 0.29) is 0 Å². The molecule has 0 fully saturated rings. The van der Waals surface area contributed by atoms with Crippen LogP contribution in [0.15, 0.2) is 59.1 Å². The number of fused-ring (bicyclic) bond motifs is 1. The Morgan fingerprint density at radius 3 is 2.55 bits per heavy atom. The lowest BCUT2D eigenvalue weighted by molar-refractivity contribution is 0.424. The molecule has 0 bridgehead atoms. The summed E-state index contributed by atoms with van der Waals surface area (Å²) >= 11 is 0. The maximum absolute atomic E-state index is 5.29. The smallest absolute Gasteiger partial charge is 0.279 e. The van der Waals surface area contributed by atoms with Gasteiger partial charge in [-0.3, -0.25) is 4.68 Å². The highest BCUT2D eigenvalue weighted by Gasteiger charge is 2.17. The zero-order valence-electron chi connectivity index (χ0n) is 12.1. The SMILES string of the molecule is Cc1noc(-c2nn(Cc3ccccc3)c3ccccc23)n1. The first-order valence-corrected chi connectivity index (χ1v) is 7.11. The van der Waals surface area contributed by atoms with Gasteiger partial charge in [0, 0.05) is 5.39 Å². The van der Waals surface area contributed by atoms with E-state index < -0.39 is 0 Å². The number of aryl methyl sites for hydroxylation is 1. The Balaban J connectivity index is 1.86. The first kappa shape index (κ1) is 12.8. The predicted octanol–water partition coefficient (Wildman–Crippen LogP) is 3.44. The molecule has 5 nitrogen and oxygen atoms in total. The molecule has 0 aliphatic heterocycles. The van der Waals surface area contributed by atoms with Crippen molar-refractivity contribution in [3.8, 4) is 11.6 Å². The van der Waals surface area contributed by atoms with Crippen LogP contribution in [0.5, 0.6) is 0 Å². The predicted molar refractivity (Wildman–Crippen MR) is 83.3 cm³/mol. The molecule has 2 aromatic heterocycles. The molecular weight excluding hydrogens is 276 g/mol. The third-order valence-corrected chi connectivity index (χ3v) is 3.56. The highest BCUT2D eigenvalue weighted by atomic mass is 16.5. The van der Waals surface area contributed by atoms with E-state index in [0.29, 0.717) is 18.3 Å². The Kier molecular flexibility index (Phi) is 2.96. The van der Waals surface area contributed by atoms with Gasteiger partial charge in [-0.25, -0.2) is 0 Å². The fourth-order valence-electron chi connectivity index (χ4n) is 2.56. The summed E-state index contributed by atoms with van der Waals surface area (Å²) in [7, 11) is 0. The van der Waals surface area contributed by atoms with Crippen LogP contribution in [0.4, 0.5) is 0 Å². The number of rotatable bonds is 3.